The summed E-state index contributed by atoms with van der Waals surface area (Å²) in [5.41, 5.74) is -0.0190. The van der Waals surface area contributed by atoms with Gasteiger partial charge in [-0.3, -0.25) is 24.3 Å². The van der Waals surface area contributed by atoms with Crippen LogP contribution in [0.4, 0.5) is 5.69 Å². The zero-order valence-corrected chi connectivity index (χ0v) is 20.3. The molecule has 0 aliphatic carbocycles. The fourth-order valence-corrected chi connectivity index (χ4v) is 5.13. The normalized spacial score (nSPS) is 11.0. The average molecular weight is 495 g/mol. The number of ether oxygens (including phenoxy) is 1. The van der Waals surface area contributed by atoms with E-state index in [1.165, 1.54) is 34.8 Å². The maximum Gasteiger partial charge on any atom is 0.337 e. The zero-order valence-electron chi connectivity index (χ0n) is 19.5. The van der Waals surface area contributed by atoms with Gasteiger partial charge in [-0.2, -0.15) is 0 Å². The van der Waals surface area contributed by atoms with E-state index in [1.54, 1.807) is 51.4 Å². The van der Waals surface area contributed by atoms with Gasteiger partial charge in [0.15, 0.2) is 0 Å². The molecular formula is C24H22N4O6S. The van der Waals surface area contributed by atoms with E-state index in [1.807, 2.05) is 0 Å². The van der Waals surface area contributed by atoms with E-state index in [9.17, 15) is 24.5 Å². The topological polar surface area (TPSA) is 117 Å². The van der Waals surface area contributed by atoms with Crippen molar-refractivity contribution in [1.29, 1.82) is 0 Å². The van der Waals surface area contributed by atoms with Crippen LogP contribution < -0.4 is 16.0 Å². The molecule has 2 aromatic carbocycles. The van der Waals surface area contributed by atoms with Crippen molar-refractivity contribution in [1.82, 2.24) is 14.0 Å². The Labute approximate surface area is 203 Å². The minimum absolute atomic E-state index is 0.0309. The van der Waals surface area contributed by atoms with Crippen molar-refractivity contribution in [2.75, 3.05) is 21.2 Å². The molecule has 0 radical (unpaired) electrons. The van der Waals surface area contributed by atoms with E-state index in [4.69, 9.17) is 4.74 Å². The van der Waals surface area contributed by atoms with Crippen molar-refractivity contribution < 1.29 is 14.5 Å². The number of amides is 1. The molecule has 4 aromatic rings. The summed E-state index contributed by atoms with van der Waals surface area (Å²) in [6.45, 7) is 1.64. The average Bonchev–Trinajstić information content (AvgIpc) is 3.18. The molecule has 0 spiro atoms. The van der Waals surface area contributed by atoms with Crippen LogP contribution in [-0.2, 0) is 6.54 Å². The molecule has 0 fully saturated rings. The van der Waals surface area contributed by atoms with Gasteiger partial charge in [-0.25, -0.2) is 9.36 Å². The van der Waals surface area contributed by atoms with E-state index in [0.717, 1.165) is 15.9 Å². The lowest BCUT2D eigenvalue weighted by Crippen LogP contribution is -2.39. The van der Waals surface area contributed by atoms with Crippen molar-refractivity contribution in [2.24, 2.45) is 0 Å². The highest BCUT2D eigenvalue weighted by atomic mass is 32.1. The summed E-state index contributed by atoms with van der Waals surface area (Å²) in [6, 6.07) is 12.5. The van der Waals surface area contributed by atoms with Gasteiger partial charge in [0.25, 0.3) is 17.2 Å². The van der Waals surface area contributed by atoms with Crippen LogP contribution >= 0.6 is 11.3 Å². The van der Waals surface area contributed by atoms with Crippen LogP contribution in [0.25, 0.3) is 15.9 Å². The summed E-state index contributed by atoms with van der Waals surface area (Å²) in [7, 11) is 4.70. The van der Waals surface area contributed by atoms with Crippen LogP contribution in [0.5, 0.6) is 5.75 Å². The molecule has 2 aromatic heterocycles. The molecule has 1 amide bonds. The Morgan fingerprint density at radius 1 is 1.14 bits per heavy atom. The number of rotatable bonds is 6. The number of benzene rings is 2. The summed E-state index contributed by atoms with van der Waals surface area (Å²) < 4.78 is 7.66. The molecule has 0 unspecified atom stereocenters. The van der Waals surface area contributed by atoms with Gasteiger partial charge in [0, 0.05) is 32.3 Å². The Morgan fingerprint density at radius 3 is 2.51 bits per heavy atom. The quantitative estimate of drug-likeness (QED) is 0.300. The Bertz CT molecular complexity index is 1600. The molecular weight excluding hydrogens is 472 g/mol. The van der Waals surface area contributed by atoms with E-state index < -0.39 is 16.2 Å². The number of nitro benzene ring substituents is 1. The third-order valence-electron chi connectivity index (χ3n) is 5.59. The summed E-state index contributed by atoms with van der Waals surface area (Å²) in [5.74, 6) is 0.176. The second-order valence-electron chi connectivity index (χ2n) is 8.07. The Morgan fingerprint density at radius 2 is 1.86 bits per heavy atom. The Hall–Kier alpha value is -4.25. The van der Waals surface area contributed by atoms with Crippen LogP contribution in [0, 0.1) is 17.0 Å². The first-order valence-electron chi connectivity index (χ1n) is 10.5. The minimum atomic E-state index is -0.632. The van der Waals surface area contributed by atoms with Crippen LogP contribution in [-0.4, -0.2) is 46.1 Å². The summed E-state index contributed by atoms with van der Waals surface area (Å²) >= 11 is 1.06. The van der Waals surface area contributed by atoms with Gasteiger partial charge in [0.05, 0.1) is 34.5 Å². The van der Waals surface area contributed by atoms with Crippen molar-refractivity contribution in [3.8, 4) is 11.4 Å². The Kier molecular flexibility index (Phi) is 6.27. The number of methoxy groups -OCH3 is 1. The molecule has 0 saturated carbocycles. The van der Waals surface area contributed by atoms with Crippen LogP contribution in [0.1, 0.15) is 20.8 Å². The predicted molar refractivity (Wildman–Crippen MR) is 133 cm³/mol. The molecule has 0 N–H and O–H groups in total. The highest BCUT2D eigenvalue weighted by Gasteiger charge is 2.25. The third kappa shape index (κ3) is 4.21. The second-order valence-corrected chi connectivity index (χ2v) is 9.07. The number of nitro groups is 1. The number of nitrogens with zero attached hydrogens (tertiary/aromatic N) is 4. The Balaban J connectivity index is 2.06. The van der Waals surface area contributed by atoms with Gasteiger partial charge in [-0.1, -0.05) is 18.2 Å². The lowest BCUT2D eigenvalue weighted by atomic mass is 10.1. The number of carbonyl (C=O) groups is 1. The highest BCUT2D eigenvalue weighted by molar-refractivity contribution is 7.20. The number of thiophene rings is 1. The van der Waals surface area contributed by atoms with Gasteiger partial charge in [0.2, 0.25) is 0 Å². The number of non-ortho nitro benzene ring substituents is 1. The summed E-state index contributed by atoms with van der Waals surface area (Å²) in [6.07, 6.45) is 0. The molecule has 35 heavy (non-hydrogen) atoms. The molecule has 0 saturated heterocycles. The van der Waals surface area contributed by atoms with Gasteiger partial charge < -0.3 is 9.64 Å². The van der Waals surface area contributed by atoms with Crippen molar-refractivity contribution in [3.63, 3.8) is 0 Å². The SMILES string of the molecule is COc1cccc(-n2c(=O)c3c(C)c(C(=O)N(C)C)sc3n(Cc3cccc([N+](=O)[O-])c3)c2=O)c1. The highest BCUT2D eigenvalue weighted by Crippen LogP contribution is 2.30. The van der Waals surface area contributed by atoms with Crippen LogP contribution in [0.3, 0.4) is 0 Å². The minimum Gasteiger partial charge on any atom is -0.497 e. The lowest BCUT2D eigenvalue weighted by Gasteiger charge is -2.13. The molecule has 2 heterocycles. The maximum atomic E-state index is 13.7. The van der Waals surface area contributed by atoms with Crippen molar-refractivity contribution >= 4 is 33.1 Å². The molecule has 0 aliphatic heterocycles. The summed E-state index contributed by atoms with van der Waals surface area (Å²) in [4.78, 5) is 53.0. The number of fused-ring (bicyclic) bond motifs is 1. The first-order valence-corrected chi connectivity index (χ1v) is 11.3. The number of carbonyl (C=O) groups excluding carboxylic acids is 1. The molecule has 0 atom stereocenters. The number of hydrogen-bond acceptors (Lipinski definition) is 7. The van der Waals surface area contributed by atoms with Gasteiger partial charge in [0.1, 0.15) is 10.6 Å². The molecule has 0 bridgehead atoms. The number of hydrogen-bond donors (Lipinski definition) is 0. The monoisotopic (exact) mass is 494 g/mol. The van der Waals surface area contributed by atoms with Crippen LogP contribution in [0.2, 0.25) is 0 Å². The van der Waals surface area contributed by atoms with Gasteiger partial charge >= 0.3 is 5.69 Å². The number of aromatic nitrogens is 2. The molecule has 180 valence electrons. The van der Waals surface area contributed by atoms with E-state index in [0.29, 0.717) is 32.3 Å². The van der Waals surface area contributed by atoms with E-state index >= 15 is 0 Å². The zero-order chi connectivity index (χ0) is 25.4. The fourth-order valence-electron chi connectivity index (χ4n) is 3.82. The largest absolute Gasteiger partial charge is 0.497 e. The van der Waals surface area contributed by atoms with E-state index in [-0.39, 0.29) is 23.5 Å². The third-order valence-corrected chi connectivity index (χ3v) is 6.89. The van der Waals surface area contributed by atoms with Gasteiger partial charge in [-0.05, 0) is 30.2 Å². The lowest BCUT2D eigenvalue weighted by molar-refractivity contribution is -0.384. The second kappa shape index (κ2) is 9.18. The molecule has 0 aliphatic rings. The predicted octanol–water partition coefficient (Wildman–Crippen LogP) is 3.19. The summed E-state index contributed by atoms with van der Waals surface area (Å²) in [5, 5.41) is 11.5. The first kappa shape index (κ1) is 23.9. The molecule has 4 rings (SSSR count). The van der Waals surface area contributed by atoms with Crippen molar-refractivity contribution in [2.45, 2.75) is 13.5 Å². The maximum absolute atomic E-state index is 13.7. The number of aryl methyl sites for hydroxylation is 1. The van der Waals surface area contributed by atoms with Gasteiger partial charge in [-0.15, -0.1) is 11.3 Å². The van der Waals surface area contributed by atoms with Crippen LogP contribution in [0.15, 0.2) is 58.1 Å². The smallest absolute Gasteiger partial charge is 0.337 e. The van der Waals surface area contributed by atoms with Crippen molar-refractivity contribution in [3.05, 3.63) is 95.5 Å². The molecule has 11 heteroatoms. The standard InChI is InChI=1S/C24H22N4O6S/c1-14-19-21(29)27(16-8-6-10-18(12-16)34-4)24(31)26(23(19)35-20(14)22(30)25(2)3)13-15-7-5-9-17(11-15)28(32)33/h5-12H,13H2,1-4H3. The fraction of sp³-hybridized carbons (Fsp3) is 0.208. The van der Waals surface area contributed by atoms with E-state index in [2.05, 4.69) is 0 Å². The molecule has 10 nitrogen and oxygen atoms in total. The first-order chi connectivity index (χ1) is 16.6.